The first kappa shape index (κ1) is 21.8. The number of carbonyl (C=O) groups is 2. The summed E-state index contributed by atoms with van der Waals surface area (Å²) in [5.74, 6) is -0.458. The molecule has 4 aromatic rings. The highest BCUT2D eigenvalue weighted by Gasteiger charge is 2.17. The van der Waals surface area contributed by atoms with E-state index >= 15 is 0 Å². The minimum Gasteiger partial charge on any atom is -0.276 e. The molecule has 0 aliphatic carbocycles. The third-order valence-electron chi connectivity index (χ3n) is 4.68. The topological polar surface area (TPSA) is 110 Å². The van der Waals surface area contributed by atoms with Crippen molar-refractivity contribution in [3.63, 3.8) is 0 Å². The van der Waals surface area contributed by atoms with E-state index in [9.17, 15) is 14.4 Å². The van der Waals surface area contributed by atoms with Crippen molar-refractivity contribution in [3.05, 3.63) is 69.5 Å². The fourth-order valence-corrected chi connectivity index (χ4v) is 4.08. The lowest BCUT2D eigenvalue weighted by atomic mass is 10.2. The molecule has 32 heavy (non-hydrogen) atoms. The van der Waals surface area contributed by atoms with E-state index in [1.54, 1.807) is 45.4 Å². The van der Waals surface area contributed by atoms with Gasteiger partial charge in [-0.1, -0.05) is 42.4 Å². The fraction of sp³-hybridized carbons (Fsp3) is 0.190. The third kappa shape index (κ3) is 4.32. The van der Waals surface area contributed by atoms with Crippen LogP contribution in [0.5, 0.6) is 0 Å². The number of aromatic nitrogens is 4. The summed E-state index contributed by atoms with van der Waals surface area (Å²) < 4.78 is 3.36. The van der Waals surface area contributed by atoms with E-state index < -0.39 is 11.8 Å². The summed E-state index contributed by atoms with van der Waals surface area (Å²) in [5, 5.41) is 9.92. The van der Waals surface area contributed by atoms with Gasteiger partial charge in [0.1, 0.15) is 0 Å². The van der Waals surface area contributed by atoms with Crippen molar-refractivity contribution in [2.75, 3.05) is 5.75 Å². The Balaban J connectivity index is 1.51. The van der Waals surface area contributed by atoms with Gasteiger partial charge in [0.25, 0.3) is 11.5 Å². The first-order valence-electron chi connectivity index (χ1n) is 9.84. The van der Waals surface area contributed by atoms with Crippen molar-refractivity contribution >= 4 is 51.9 Å². The number of hydrogen-bond acceptors (Lipinski definition) is 6. The first-order valence-corrected chi connectivity index (χ1v) is 11.2. The minimum absolute atomic E-state index is 0.0110. The van der Waals surface area contributed by atoms with E-state index in [0.29, 0.717) is 39.0 Å². The molecular formula is C21H19ClN6O3S. The van der Waals surface area contributed by atoms with E-state index in [2.05, 4.69) is 21.0 Å². The number of nitrogens with one attached hydrogen (secondary N) is 2. The van der Waals surface area contributed by atoms with Gasteiger partial charge in [0.05, 0.1) is 16.7 Å². The standard InChI is InChI=1S/C21H19ClN6O3S/c1-2-11-27-19(31)15-5-3-4-6-16(15)28-20(27)25-26-21(28)32-12-17(29)23-24-18(30)13-7-9-14(22)10-8-13/h3-10H,2,11-12H2,1H3,(H,23,29)(H,24,30). The van der Waals surface area contributed by atoms with Crippen LogP contribution in [0.15, 0.2) is 58.5 Å². The summed E-state index contributed by atoms with van der Waals surface area (Å²) in [4.78, 5) is 37.2. The smallest absolute Gasteiger partial charge is 0.269 e. The van der Waals surface area contributed by atoms with E-state index in [0.717, 1.165) is 18.2 Å². The maximum absolute atomic E-state index is 12.9. The third-order valence-corrected chi connectivity index (χ3v) is 5.86. The van der Waals surface area contributed by atoms with Crippen LogP contribution >= 0.6 is 23.4 Å². The molecular weight excluding hydrogens is 452 g/mol. The number of fused-ring (bicyclic) bond motifs is 3. The Morgan fingerprint density at radius 2 is 1.81 bits per heavy atom. The van der Waals surface area contributed by atoms with Gasteiger partial charge in [-0.2, -0.15) is 0 Å². The van der Waals surface area contributed by atoms with Gasteiger partial charge in [0.15, 0.2) is 5.16 Å². The van der Waals surface area contributed by atoms with Crippen molar-refractivity contribution in [3.8, 4) is 0 Å². The predicted octanol–water partition coefficient (Wildman–Crippen LogP) is 2.66. The Morgan fingerprint density at radius 1 is 1.06 bits per heavy atom. The molecule has 11 heteroatoms. The molecule has 9 nitrogen and oxygen atoms in total. The lowest BCUT2D eigenvalue weighted by Crippen LogP contribution is -2.42. The highest BCUT2D eigenvalue weighted by atomic mass is 35.5. The van der Waals surface area contributed by atoms with Gasteiger partial charge < -0.3 is 0 Å². The van der Waals surface area contributed by atoms with Gasteiger partial charge in [0, 0.05) is 17.1 Å². The van der Waals surface area contributed by atoms with Crippen LogP contribution in [-0.2, 0) is 11.3 Å². The zero-order valence-corrected chi connectivity index (χ0v) is 18.6. The van der Waals surface area contributed by atoms with Crippen LogP contribution in [0.1, 0.15) is 23.7 Å². The van der Waals surface area contributed by atoms with Crippen LogP contribution in [0.3, 0.4) is 0 Å². The molecule has 2 aromatic carbocycles. The molecule has 0 aliphatic heterocycles. The molecule has 0 saturated heterocycles. The Hall–Kier alpha value is -3.37. The summed E-state index contributed by atoms with van der Waals surface area (Å²) in [7, 11) is 0. The lowest BCUT2D eigenvalue weighted by molar-refractivity contribution is -0.119. The predicted molar refractivity (Wildman–Crippen MR) is 123 cm³/mol. The number of rotatable bonds is 6. The van der Waals surface area contributed by atoms with Gasteiger partial charge in [-0.3, -0.25) is 34.2 Å². The molecule has 0 spiro atoms. The van der Waals surface area contributed by atoms with Crippen LogP contribution in [0.25, 0.3) is 16.7 Å². The van der Waals surface area contributed by atoms with Gasteiger partial charge in [-0.05, 0) is 42.8 Å². The molecule has 2 heterocycles. The summed E-state index contributed by atoms with van der Waals surface area (Å²) in [6.07, 6.45) is 0.763. The molecule has 4 rings (SSSR count). The summed E-state index contributed by atoms with van der Waals surface area (Å²) in [5.41, 5.74) is 5.66. The monoisotopic (exact) mass is 470 g/mol. The second-order valence-electron chi connectivity index (χ2n) is 6.89. The summed E-state index contributed by atoms with van der Waals surface area (Å²) >= 11 is 6.97. The van der Waals surface area contributed by atoms with Crippen molar-refractivity contribution < 1.29 is 9.59 Å². The molecule has 0 atom stereocenters. The number of hydrogen-bond donors (Lipinski definition) is 2. The van der Waals surface area contributed by atoms with Gasteiger partial charge in [-0.25, -0.2) is 0 Å². The molecule has 0 unspecified atom stereocenters. The van der Waals surface area contributed by atoms with E-state index in [1.807, 2.05) is 19.1 Å². The molecule has 2 aromatic heterocycles. The van der Waals surface area contributed by atoms with Crippen LogP contribution < -0.4 is 16.4 Å². The number of hydrazine groups is 1. The second-order valence-corrected chi connectivity index (χ2v) is 8.27. The van der Waals surface area contributed by atoms with Crippen molar-refractivity contribution in [1.29, 1.82) is 0 Å². The van der Waals surface area contributed by atoms with Gasteiger partial charge >= 0.3 is 0 Å². The Kier molecular flexibility index (Phi) is 6.42. The maximum atomic E-state index is 12.9. The zero-order valence-electron chi connectivity index (χ0n) is 17.0. The number of amides is 2. The van der Waals surface area contributed by atoms with E-state index in [4.69, 9.17) is 11.6 Å². The number of nitrogens with zero attached hydrogens (tertiary/aromatic N) is 4. The average molecular weight is 471 g/mol. The van der Waals surface area contributed by atoms with Crippen LogP contribution in [0.4, 0.5) is 0 Å². The second kappa shape index (κ2) is 9.41. The number of aryl methyl sites for hydroxylation is 1. The molecule has 2 N–H and O–H groups in total. The molecule has 0 saturated carbocycles. The molecule has 0 aliphatic rings. The zero-order chi connectivity index (χ0) is 22.7. The Morgan fingerprint density at radius 3 is 2.56 bits per heavy atom. The maximum Gasteiger partial charge on any atom is 0.269 e. The number of benzene rings is 2. The lowest BCUT2D eigenvalue weighted by Gasteiger charge is -2.10. The summed E-state index contributed by atoms with van der Waals surface area (Å²) in [6, 6.07) is 13.5. The fourth-order valence-electron chi connectivity index (χ4n) is 3.22. The Bertz CT molecular complexity index is 1370. The number of thioether (sulfide) groups is 1. The van der Waals surface area contributed by atoms with Crippen molar-refractivity contribution in [2.45, 2.75) is 25.0 Å². The van der Waals surface area contributed by atoms with E-state index in [1.165, 1.54) is 0 Å². The van der Waals surface area contributed by atoms with Crippen LogP contribution in [0, 0.1) is 0 Å². The number of carbonyl (C=O) groups excluding carboxylic acids is 2. The summed E-state index contributed by atoms with van der Waals surface area (Å²) in [6.45, 7) is 2.49. The molecule has 2 amide bonds. The van der Waals surface area contributed by atoms with Crippen LogP contribution in [-0.4, -0.2) is 36.7 Å². The molecule has 164 valence electrons. The highest BCUT2D eigenvalue weighted by molar-refractivity contribution is 7.99. The van der Waals surface area contributed by atoms with E-state index in [-0.39, 0.29) is 11.3 Å². The largest absolute Gasteiger partial charge is 0.276 e. The average Bonchev–Trinajstić information content (AvgIpc) is 3.23. The Labute approximate surface area is 191 Å². The number of para-hydroxylation sites is 1. The molecule has 0 bridgehead atoms. The minimum atomic E-state index is -0.456. The SMILES string of the molecule is CCCn1c(=O)c2ccccc2n2c(SCC(=O)NNC(=O)c3ccc(Cl)cc3)nnc12. The molecule has 0 radical (unpaired) electrons. The quantitative estimate of drug-likeness (QED) is 0.331. The van der Waals surface area contributed by atoms with Gasteiger partial charge in [0.2, 0.25) is 11.7 Å². The van der Waals surface area contributed by atoms with Crippen molar-refractivity contribution in [1.82, 2.24) is 30.0 Å². The normalized spacial score (nSPS) is 11.1. The highest BCUT2D eigenvalue weighted by Crippen LogP contribution is 2.21. The van der Waals surface area contributed by atoms with Gasteiger partial charge in [-0.15, -0.1) is 10.2 Å². The van der Waals surface area contributed by atoms with Crippen LogP contribution in [0.2, 0.25) is 5.02 Å². The van der Waals surface area contributed by atoms with Crippen molar-refractivity contribution in [2.24, 2.45) is 0 Å². The number of halogens is 1. The first-order chi connectivity index (χ1) is 15.5. The molecule has 0 fully saturated rings.